The normalized spacial score (nSPS) is 22.0. The zero-order chi connectivity index (χ0) is 23.6. The highest BCUT2D eigenvalue weighted by atomic mass is 28.4. The van der Waals surface area contributed by atoms with Gasteiger partial charge in [0.15, 0.2) is 0 Å². The van der Waals surface area contributed by atoms with E-state index in [0.29, 0.717) is 13.2 Å². The summed E-state index contributed by atoms with van der Waals surface area (Å²) in [6, 6.07) is 21.0. The minimum Gasteiger partial charge on any atom is -0.481 e. The van der Waals surface area contributed by atoms with Crippen LogP contribution < -0.4 is 15.7 Å². The average molecular weight is 452 g/mol. The van der Waals surface area contributed by atoms with Crippen LogP contribution in [0.5, 0.6) is 0 Å². The van der Waals surface area contributed by atoms with Gasteiger partial charge in [-0.2, -0.15) is 0 Å². The Bertz CT molecular complexity index is 905. The fourth-order valence-electron chi connectivity index (χ4n) is 5.09. The van der Waals surface area contributed by atoms with Crippen LogP contribution in [0, 0.1) is 11.3 Å². The third-order valence-electron chi connectivity index (χ3n) is 6.93. The minimum atomic E-state index is -2.78. The van der Waals surface area contributed by atoms with Gasteiger partial charge >= 0.3 is 5.97 Å². The number of hydrogen-bond donors (Lipinski definition) is 2. The van der Waals surface area contributed by atoms with Crippen molar-refractivity contribution in [3.8, 4) is 0 Å². The lowest BCUT2D eigenvalue weighted by atomic mass is 9.65. The van der Waals surface area contributed by atoms with E-state index in [2.05, 4.69) is 95.4 Å². The number of hydrogen-bond acceptors (Lipinski definition) is 3. The molecule has 2 aromatic carbocycles. The van der Waals surface area contributed by atoms with Crippen molar-refractivity contribution in [1.29, 1.82) is 0 Å². The van der Waals surface area contributed by atoms with E-state index < -0.39 is 25.7 Å². The lowest BCUT2D eigenvalue weighted by Gasteiger charge is -2.52. The summed E-state index contributed by atoms with van der Waals surface area (Å²) < 4.78 is 7.20. The molecule has 0 saturated heterocycles. The first-order valence-electron chi connectivity index (χ1n) is 11.4. The molecule has 32 heavy (non-hydrogen) atoms. The van der Waals surface area contributed by atoms with Gasteiger partial charge in [-0.3, -0.25) is 4.79 Å². The molecule has 0 bridgehead atoms. The van der Waals surface area contributed by atoms with Gasteiger partial charge in [-0.15, -0.1) is 0 Å². The molecule has 2 atom stereocenters. The molecule has 0 amide bonds. The second kappa shape index (κ2) is 8.97. The molecule has 5 heteroatoms. The molecule has 172 valence electrons. The van der Waals surface area contributed by atoms with E-state index in [9.17, 15) is 9.90 Å². The Kier molecular flexibility index (Phi) is 6.85. The lowest BCUT2D eigenvalue weighted by molar-refractivity contribution is -0.146. The van der Waals surface area contributed by atoms with Crippen LogP contribution in [0.15, 0.2) is 72.8 Å². The first kappa shape index (κ1) is 24.4. The molecule has 0 aromatic heterocycles. The number of nitrogens with one attached hydrogen (secondary N) is 1. The number of benzene rings is 2. The molecule has 2 aromatic rings. The Morgan fingerprint density at radius 2 is 1.50 bits per heavy atom. The summed E-state index contributed by atoms with van der Waals surface area (Å²) in [5.41, 5.74) is -1.08. The summed E-state index contributed by atoms with van der Waals surface area (Å²) in [5.74, 6) is -1.50. The van der Waals surface area contributed by atoms with E-state index in [1.807, 2.05) is 24.3 Å². The molecule has 1 aliphatic heterocycles. The Morgan fingerprint density at radius 1 is 1.00 bits per heavy atom. The van der Waals surface area contributed by atoms with Gasteiger partial charge in [0.2, 0.25) is 0 Å². The van der Waals surface area contributed by atoms with Crippen LogP contribution in [0.4, 0.5) is 0 Å². The van der Waals surface area contributed by atoms with Crippen LogP contribution in [-0.4, -0.2) is 38.1 Å². The van der Waals surface area contributed by atoms with E-state index in [1.54, 1.807) is 0 Å². The van der Waals surface area contributed by atoms with Gasteiger partial charge in [0, 0.05) is 6.54 Å². The Balaban J connectivity index is 2.19. The average Bonchev–Trinajstić information content (AvgIpc) is 2.74. The van der Waals surface area contributed by atoms with Crippen molar-refractivity contribution < 1.29 is 14.3 Å². The Hall–Kier alpha value is -2.21. The van der Waals surface area contributed by atoms with Crippen molar-refractivity contribution in [2.24, 2.45) is 11.3 Å². The van der Waals surface area contributed by atoms with Gasteiger partial charge in [0.05, 0.1) is 18.1 Å². The van der Waals surface area contributed by atoms with Crippen molar-refractivity contribution in [1.82, 2.24) is 5.32 Å². The summed E-state index contributed by atoms with van der Waals surface area (Å²) >= 11 is 0. The van der Waals surface area contributed by atoms with Crippen LogP contribution in [0.3, 0.4) is 0 Å². The Morgan fingerprint density at radius 3 is 1.91 bits per heavy atom. The van der Waals surface area contributed by atoms with Gasteiger partial charge in [-0.1, -0.05) is 114 Å². The van der Waals surface area contributed by atoms with Gasteiger partial charge < -0.3 is 14.8 Å². The van der Waals surface area contributed by atoms with Crippen molar-refractivity contribution in [2.75, 3.05) is 13.2 Å². The first-order valence-corrected chi connectivity index (χ1v) is 13.3. The van der Waals surface area contributed by atoms with Crippen LogP contribution in [-0.2, 0) is 9.22 Å². The molecule has 0 aliphatic carbocycles. The summed E-state index contributed by atoms with van der Waals surface area (Å²) in [6.07, 6.45) is 3.74. The van der Waals surface area contributed by atoms with E-state index >= 15 is 0 Å². The highest BCUT2D eigenvalue weighted by Crippen LogP contribution is 2.43. The molecule has 3 rings (SSSR count). The van der Waals surface area contributed by atoms with Crippen molar-refractivity contribution in [3.63, 3.8) is 0 Å². The van der Waals surface area contributed by atoms with E-state index in [1.165, 1.54) is 10.4 Å². The topological polar surface area (TPSA) is 58.6 Å². The van der Waals surface area contributed by atoms with Gasteiger partial charge in [0.25, 0.3) is 8.32 Å². The highest BCUT2D eigenvalue weighted by molar-refractivity contribution is 6.99. The summed E-state index contributed by atoms with van der Waals surface area (Å²) in [5, 5.41) is 15.9. The molecule has 1 heterocycles. The second-order valence-electron chi connectivity index (χ2n) is 10.8. The smallest absolute Gasteiger partial charge is 0.312 e. The largest absolute Gasteiger partial charge is 0.481 e. The van der Waals surface area contributed by atoms with Crippen molar-refractivity contribution in [3.05, 3.63) is 72.8 Å². The van der Waals surface area contributed by atoms with Crippen molar-refractivity contribution >= 4 is 24.7 Å². The zero-order valence-corrected chi connectivity index (χ0v) is 21.2. The predicted molar refractivity (Wildman–Crippen MR) is 134 cm³/mol. The lowest BCUT2D eigenvalue weighted by Crippen LogP contribution is -2.71. The quantitative estimate of drug-likeness (QED) is 0.510. The third-order valence-corrected chi connectivity index (χ3v) is 11.9. The summed E-state index contributed by atoms with van der Waals surface area (Å²) in [4.78, 5) is 12.3. The molecular formula is C27H37NO3Si. The molecule has 2 N–H and O–H groups in total. The van der Waals surface area contributed by atoms with Crippen LogP contribution in [0.1, 0.15) is 41.5 Å². The number of carbonyl (C=O) groups is 1. The standard InChI is InChI=1S/C27H37NO3Si/c1-25(2,3)27(23(24(29)30)18-13-19-28-27)20-31-32(26(4,5)6,21-14-9-7-10-15-21)22-16-11-8-12-17-22/h7-18,23,28H,19-20H2,1-6H3,(H,29,30)/t23?,27-/m1/s1. The minimum absolute atomic E-state index is 0.169. The molecule has 0 radical (unpaired) electrons. The molecule has 0 fully saturated rings. The number of carboxylic acid groups (broad SMARTS) is 1. The summed E-state index contributed by atoms with van der Waals surface area (Å²) in [7, 11) is -2.78. The van der Waals surface area contributed by atoms with Crippen molar-refractivity contribution in [2.45, 2.75) is 52.1 Å². The molecule has 0 saturated carbocycles. The number of carboxylic acids is 1. The number of aliphatic carboxylic acids is 1. The predicted octanol–water partition coefficient (Wildman–Crippen LogP) is 4.21. The maximum absolute atomic E-state index is 12.3. The van der Waals surface area contributed by atoms with Crippen LogP contribution >= 0.6 is 0 Å². The second-order valence-corrected chi connectivity index (χ2v) is 15.1. The monoisotopic (exact) mass is 451 g/mol. The maximum Gasteiger partial charge on any atom is 0.312 e. The van der Waals surface area contributed by atoms with Gasteiger partial charge in [-0.05, 0) is 20.8 Å². The molecule has 1 unspecified atom stereocenters. The fourth-order valence-corrected chi connectivity index (χ4v) is 9.68. The van der Waals surface area contributed by atoms with E-state index in [4.69, 9.17) is 4.43 Å². The maximum atomic E-state index is 12.3. The zero-order valence-electron chi connectivity index (χ0n) is 20.2. The SMILES string of the molecule is CC(C)(C)[C@]1(CO[Si](c2ccccc2)(c2ccccc2)C(C)(C)C)NCC=CC1C(=O)O. The highest BCUT2D eigenvalue weighted by Gasteiger charge is 2.56. The first-order chi connectivity index (χ1) is 15.0. The van der Waals surface area contributed by atoms with Crippen LogP contribution in [0.2, 0.25) is 5.04 Å². The van der Waals surface area contributed by atoms with Gasteiger partial charge in [-0.25, -0.2) is 0 Å². The number of rotatable bonds is 6. The van der Waals surface area contributed by atoms with E-state index in [-0.39, 0.29) is 10.5 Å². The Labute approximate surface area is 193 Å². The summed E-state index contributed by atoms with van der Waals surface area (Å²) in [6.45, 7) is 14.0. The van der Waals surface area contributed by atoms with Gasteiger partial charge in [0.1, 0.15) is 0 Å². The molecule has 1 aliphatic rings. The fraction of sp³-hybridized carbons (Fsp3) is 0.444. The van der Waals surface area contributed by atoms with Crippen LogP contribution in [0.25, 0.3) is 0 Å². The third kappa shape index (κ3) is 4.21. The molecular weight excluding hydrogens is 414 g/mol. The molecule has 4 nitrogen and oxygen atoms in total. The van der Waals surface area contributed by atoms with E-state index in [0.717, 1.165) is 0 Å². The molecule has 0 spiro atoms.